The van der Waals surface area contributed by atoms with Gasteiger partial charge in [-0.3, -0.25) is 19.3 Å². The van der Waals surface area contributed by atoms with Crippen LogP contribution >= 0.6 is 11.3 Å². The largest absolute Gasteiger partial charge is 0.466 e. The van der Waals surface area contributed by atoms with Gasteiger partial charge in [-0.25, -0.2) is 4.98 Å². The smallest absolute Gasteiger partial charge is 0.311 e. The van der Waals surface area contributed by atoms with Crippen molar-refractivity contribution < 1.29 is 23.5 Å². The van der Waals surface area contributed by atoms with Crippen molar-refractivity contribution in [1.82, 2.24) is 14.8 Å². The van der Waals surface area contributed by atoms with E-state index in [0.717, 1.165) is 0 Å². The Morgan fingerprint density at radius 2 is 2.07 bits per heavy atom. The minimum absolute atomic E-state index is 0.0892. The number of furan rings is 1. The monoisotopic (exact) mass is 406 g/mol. The van der Waals surface area contributed by atoms with Crippen molar-refractivity contribution in [2.45, 2.75) is 13.3 Å². The van der Waals surface area contributed by atoms with Crippen LogP contribution in [0.3, 0.4) is 0 Å². The van der Waals surface area contributed by atoms with Gasteiger partial charge in [0, 0.05) is 31.6 Å². The molecule has 0 radical (unpaired) electrons. The van der Waals surface area contributed by atoms with Crippen molar-refractivity contribution >= 4 is 34.3 Å². The minimum Gasteiger partial charge on any atom is -0.466 e. The summed E-state index contributed by atoms with van der Waals surface area (Å²) in [5.41, 5.74) is 0.573. The Balaban J connectivity index is 1.42. The first kappa shape index (κ1) is 20.0. The third-order valence-corrected chi connectivity index (χ3v) is 4.99. The molecule has 9 nitrogen and oxygen atoms in total. The quantitative estimate of drug-likeness (QED) is 0.690. The van der Waals surface area contributed by atoms with Crippen LogP contribution in [0.4, 0.5) is 5.13 Å². The zero-order valence-electron chi connectivity index (χ0n) is 15.6. The van der Waals surface area contributed by atoms with Gasteiger partial charge in [-0.1, -0.05) is 0 Å². The SMILES string of the molecule is CCOC(=O)Cc1csc(NC(=O)CN2CCN(C(=O)c3ccco3)CC2)n1. The molecule has 0 unspecified atom stereocenters. The molecule has 2 amide bonds. The molecule has 2 aromatic heterocycles. The number of carbonyl (C=O) groups excluding carboxylic acids is 3. The van der Waals surface area contributed by atoms with E-state index < -0.39 is 0 Å². The molecule has 150 valence electrons. The molecule has 0 spiro atoms. The Hall–Kier alpha value is -2.72. The second kappa shape index (κ2) is 9.47. The fraction of sp³-hybridized carbons (Fsp3) is 0.444. The molecule has 10 heteroatoms. The molecule has 1 aliphatic rings. The Morgan fingerprint density at radius 1 is 1.29 bits per heavy atom. The summed E-state index contributed by atoms with van der Waals surface area (Å²) in [7, 11) is 0. The number of hydrogen-bond acceptors (Lipinski definition) is 8. The number of rotatable bonds is 7. The standard InChI is InChI=1S/C18H22N4O5S/c1-2-26-16(24)10-13-12-28-18(19-13)20-15(23)11-21-5-7-22(8-6-21)17(25)14-4-3-9-27-14/h3-4,9,12H,2,5-8,10-11H2,1H3,(H,19,20,23). The van der Waals surface area contributed by atoms with Crippen molar-refractivity contribution in [1.29, 1.82) is 0 Å². The summed E-state index contributed by atoms with van der Waals surface area (Å²) in [6, 6.07) is 3.33. The van der Waals surface area contributed by atoms with E-state index in [1.165, 1.54) is 17.6 Å². The summed E-state index contributed by atoms with van der Waals surface area (Å²) in [4.78, 5) is 43.9. The molecule has 1 N–H and O–H groups in total. The minimum atomic E-state index is -0.340. The maximum Gasteiger partial charge on any atom is 0.311 e. The Bertz CT molecular complexity index is 812. The number of nitrogens with one attached hydrogen (secondary N) is 1. The molecular weight excluding hydrogens is 384 g/mol. The Morgan fingerprint density at radius 3 is 2.75 bits per heavy atom. The number of ether oxygens (including phenoxy) is 1. The highest BCUT2D eigenvalue weighted by Crippen LogP contribution is 2.16. The number of carbonyl (C=O) groups is 3. The second-order valence-corrected chi connectivity index (χ2v) is 7.08. The zero-order valence-corrected chi connectivity index (χ0v) is 16.4. The molecule has 0 atom stereocenters. The van der Waals surface area contributed by atoms with E-state index in [0.29, 0.717) is 49.4 Å². The van der Waals surface area contributed by atoms with Crippen LogP contribution in [0.15, 0.2) is 28.2 Å². The highest BCUT2D eigenvalue weighted by molar-refractivity contribution is 7.13. The van der Waals surface area contributed by atoms with Gasteiger partial charge in [0.2, 0.25) is 5.91 Å². The summed E-state index contributed by atoms with van der Waals surface area (Å²) in [5.74, 6) is -0.324. The van der Waals surface area contributed by atoms with Gasteiger partial charge in [0.15, 0.2) is 10.9 Å². The molecular formula is C18H22N4O5S. The van der Waals surface area contributed by atoms with Crippen LogP contribution in [0.5, 0.6) is 0 Å². The lowest BCUT2D eigenvalue weighted by Gasteiger charge is -2.33. The fourth-order valence-corrected chi connectivity index (χ4v) is 3.56. The Kier molecular flexibility index (Phi) is 6.77. The van der Waals surface area contributed by atoms with Crippen LogP contribution in [0, 0.1) is 0 Å². The molecule has 28 heavy (non-hydrogen) atoms. The molecule has 1 fully saturated rings. The summed E-state index contributed by atoms with van der Waals surface area (Å²) in [5, 5.41) is 4.93. The van der Waals surface area contributed by atoms with Crippen LogP contribution in [0.1, 0.15) is 23.2 Å². The lowest BCUT2D eigenvalue weighted by Crippen LogP contribution is -2.50. The van der Waals surface area contributed by atoms with E-state index >= 15 is 0 Å². The highest BCUT2D eigenvalue weighted by atomic mass is 32.1. The van der Waals surface area contributed by atoms with E-state index in [-0.39, 0.29) is 30.7 Å². The molecule has 0 aliphatic carbocycles. The van der Waals surface area contributed by atoms with Crippen LogP contribution in [0.2, 0.25) is 0 Å². The van der Waals surface area contributed by atoms with E-state index in [1.807, 2.05) is 4.90 Å². The normalized spacial score (nSPS) is 14.7. The first-order valence-corrected chi connectivity index (χ1v) is 9.88. The molecule has 3 heterocycles. The summed E-state index contributed by atoms with van der Waals surface area (Å²) < 4.78 is 10.0. The van der Waals surface area contributed by atoms with Crippen molar-refractivity contribution in [3.05, 3.63) is 35.2 Å². The molecule has 1 saturated heterocycles. The summed E-state index contributed by atoms with van der Waals surface area (Å²) in [6.07, 6.45) is 1.57. The number of piperazine rings is 1. The van der Waals surface area contributed by atoms with Crippen LogP contribution < -0.4 is 5.32 Å². The lowest BCUT2D eigenvalue weighted by molar-refractivity contribution is -0.142. The van der Waals surface area contributed by atoms with Crippen molar-refractivity contribution in [3.8, 4) is 0 Å². The average molecular weight is 406 g/mol. The van der Waals surface area contributed by atoms with Gasteiger partial charge in [-0.2, -0.15) is 0 Å². The summed E-state index contributed by atoms with van der Waals surface area (Å²) in [6.45, 7) is 4.57. The maximum atomic E-state index is 12.2. The third-order valence-electron chi connectivity index (χ3n) is 4.19. The van der Waals surface area contributed by atoms with Gasteiger partial charge >= 0.3 is 5.97 Å². The number of nitrogens with zero attached hydrogens (tertiary/aromatic N) is 3. The number of aromatic nitrogens is 1. The van der Waals surface area contributed by atoms with E-state index in [1.54, 1.807) is 29.3 Å². The molecule has 1 aliphatic heterocycles. The molecule has 0 aromatic carbocycles. The van der Waals surface area contributed by atoms with Gasteiger partial charge in [0.25, 0.3) is 5.91 Å². The van der Waals surface area contributed by atoms with Gasteiger partial charge in [-0.05, 0) is 19.1 Å². The number of hydrogen-bond donors (Lipinski definition) is 1. The fourth-order valence-electron chi connectivity index (χ4n) is 2.83. The first-order valence-electron chi connectivity index (χ1n) is 9.00. The summed E-state index contributed by atoms with van der Waals surface area (Å²) >= 11 is 1.27. The van der Waals surface area contributed by atoms with Gasteiger partial charge in [0.1, 0.15) is 0 Å². The van der Waals surface area contributed by atoms with Gasteiger partial charge in [0.05, 0.1) is 31.5 Å². The lowest BCUT2D eigenvalue weighted by atomic mass is 10.3. The van der Waals surface area contributed by atoms with Crippen LogP contribution in [0.25, 0.3) is 0 Å². The van der Waals surface area contributed by atoms with E-state index in [2.05, 4.69) is 10.3 Å². The highest BCUT2D eigenvalue weighted by Gasteiger charge is 2.24. The van der Waals surface area contributed by atoms with Gasteiger partial charge in [-0.15, -0.1) is 11.3 Å². The maximum absolute atomic E-state index is 12.2. The molecule has 0 saturated carbocycles. The first-order chi connectivity index (χ1) is 13.5. The zero-order chi connectivity index (χ0) is 19.9. The van der Waals surface area contributed by atoms with Crippen molar-refractivity contribution in [3.63, 3.8) is 0 Å². The molecule has 2 aromatic rings. The predicted molar refractivity (Wildman–Crippen MR) is 102 cm³/mol. The Labute approximate surface area is 166 Å². The number of esters is 1. The third kappa shape index (κ3) is 5.40. The van der Waals surface area contributed by atoms with E-state index in [9.17, 15) is 14.4 Å². The van der Waals surface area contributed by atoms with Gasteiger partial charge < -0.3 is 19.4 Å². The topological polar surface area (TPSA) is 105 Å². The average Bonchev–Trinajstić information content (AvgIpc) is 3.34. The number of anilines is 1. The predicted octanol–water partition coefficient (Wildman–Crippen LogP) is 1.24. The number of thiazole rings is 1. The molecule has 0 bridgehead atoms. The van der Waals surface area contributed by atoms with E-state index in [4.69, 9.17) is 9.15 Å². The van der Waals surface area contributed by atoms with Crippen LogP contribution in [-0.2, 0) is 20.7 Å². The van der Waals surface area contributed by atoms with Crippen molar-refractivity contribution in [2.24, 2.45) is 0 Å². The van der Waals surface area contributed by atoms with Crippen LogP contribution in [-0.4, -0.2) is 71.9 Å². The number of amides is 2. The molecule has 3 rings (SSSR count). The van der Waals surface area contributed by atoms with Crippen molar-refractivity contribution in [2.75, 3.05) is 44.6 Å². The second-order valence-electron chi connectivity index (χ2n) is 6.22.